The van der Waals surface area contributed by atoms with Gasteiger partial charge in [0.15, 0.2) is 0 Å². The summed E-state index contributed by atoms with van der Waals surface area (Å²) in [6.07, 6.45) is 5.72. The van der Waals surface area contributed by atoms with Crippen LogP contribution in [-0.2, 0) is 32.0 Å². The Hall–Kier alpha value is -3.45. The largest absolute Gasteiger partial charge is 0.464 e. The molecule has 0 bridgehead atoms. The highest BCUT2D eigenvalue weighted by atomic mass is 16.5. The summed E-state index contributed by atoms with van der Waals surface area (Å²) >= 11 is 0. The van der Waals surface area contributed by atoms with Crippen LogP contribution in [0.25, 0.3) is 0 Å². The summed E-state index contributed by atoms with van der Waals surface area (Å²) in [6, 6.07) is 19.0. The number of cyclic esters (lactones) is 1. The smallest absolute Gasteiger partial charge is 0.309 e. The number of aliphatic hydroxyl groups is 1. The van der Waals surface area contributed by atoms with Crippen LogP contribution < -0.4 is 10.6 Å². The minimum atomic E-state index is -0.551. The molecule has 7 nitrogen and oxygen atoms in total. The van der Waals surface area contributed by atoms with E-state index in [0.717, 1.165) is 11.1 Å². The van der Waals surface area contributed by atoms with Crippen LogP contribution in [0.15, 0.2) is 72.8 Å². The van der Waals surface area contributed by atoms with Gasteiger partial charge in [0.1, 0.15) is 6.61 Å². The molecule has 1 aliphatic rings. The van der Waals surface area contributed by atoms with Crippen molar-refractivity contribution in [3.8, 4) is 0 Å². The lowest BCUT2D eigenvalue weighted by molar-refractivity contribution is -0.148. The molecule has 0 unspecified atom stereocenters. The summed E-state index contributed by atoms with van der Waals surface area (Å²) < 4.78 is 5.39. The van der Waals surface area contributed by atoms with Crippen LogP contribution in [0.2, 0.25) is 0 Å². The molecular formula is C28H34N2O5. The molecule has 0 spiro atoms. The number of aliphatic hydroxyl groups excluding tert-OH is 1. The average Bonchev–Trinajstić information content (AvgIpc) is 2.87. The number of carbonyl (C=O) groups is 3. The third-order valence-corrected chi connectivity index (χ3v) is 6.02. The van der Waals surface area contributed by atoms with E-state index in [4.69, 9.17) is 4.74 Å². The maximum absolute atomic E-state index is 12.7. The van der Waals surface area contributed by atoms with Gasteiger partial charge in [0.05, 0.1) is 31.0 Å². The normalized spacial score (nSPS) is 20.0. The zero-order valence-corrected chi connectivity index (χ0v) is 19.9. The van der Waals surface area contributed by atoms with Crippen molar-refractivity contribution in [2.24, 2.45) is 11.8 Å². The number of esters is 1. The van der Waals surface area contributed by atoms with E-state index in [1.807, 2.05) is 72.8 Å². The molecule has 3 N–H and O–H groups in total. The first-order chi connectivity index (χ1) is 17.0. The Morgan fingerprint density at radius 3 is 2.26 bits per heavy atom. The van der Waals surface area contributed by atoms with E-state index in [9.17, 15) is 19.5 Å². The van der Waals surface area contributed by atoms with Crippen LogP contribution in [0.1, 0.15) is 30.4 Å². The summed E-state index contributed by atoms with van der Waals surface area (Å²) in [5, 5.41) is 15.3. The molecule has 7 heteroatoms. The SMILES string of the molecule is O=C(C[C@H]1CC=CC[C@@H](Cc2ccccc2)C(=O)OCCNC1=O)N[C@@H](CO)Cc1ccccc1. The number of hydrogen-bond donors (Lipinski definition) is 3. The number of rotatable bonds is 8. The van der Waals surface area contributed by atoms with E-state index in [0.29, 0.717) is 25.7 Å². The lowest BCUT2D eigenvalue weighted by Crippen LogP contribution is -2.42. The van der Waals surface area contributed by atoms with Crippen LogP contribution in [0.4, 0.5) is 0 Å². The van der Waals surface area contributed by atoms with Gasteiger partial charge in [-0.2, -0.15) is 0 Å². The fraction of sp³-hybridized carbons (Fsp3) is 0.393. The Labute approximate surface area is 206 Å². The fourth-order valence-electron chi connectivity index (χ4n) is 4.12. The molecule has 0 aliphatic carbocycles. The maximum Gasteiger partial charge on any atom is 0.309 e. The second-order valence-electron chi connectivity index (χ2n) is 8.83. The Kier molecular flexibility index (Phi) is 10.5. The number of hydrogen-bond acceptors (Lipinski definition) is 5. The van der Waals surface area contributed by atoms with E-state index in [-0.39, 0.29) is 49.9 Å². The van der Waals surface area contributed by atoms with Crippen molar-refractivity contribution < 1.29 is 24.2 Å². The quantitative estimate of drug-likeness (QED) is 0.400. The first-order valence-corrected chi connectivity index (χ1v) is 12.1. The van der Waals surface area contributed by atoms with Gasteiger partial charge in [0, 0.05) is 6.42 Å². The van der Waals surface area contributed by atoms with Gasteiger partial charge < -0.3 is 20.5 Å². The Bertz CT molecular complexity index is 977. The number of carbonyl (C=O) groups excluding carboxylic acids is 3. The van der Waals surface area contributed by atoms with Gasteiger partial charge in [-0.25, -0.2) is 0 Å². The minimum Gasteiger partial charge on any atom is -0.464 e. The third-order valence-electron chi connectivity index (χ3n) is 6.02. The minimum absolute atomic E-state index is 0.00863. The van der Waals surface area contributed by atoms with E-state index in [2.05, 4.69) is 10.6 Å². The van der Waals surface area contributed by atoms with Gasteiger partial charge in [-0.15, -0.1) is 0 Å². The molecular weight excluding hydrogens is 444 g/mol. The van der Waals surface area contributed by atoms with Crippen molar-refractivity contribution in [3.05, 3.63) is 83.9 Å². The average molecular weight is 479 g/mol. The Morgan fingerprint density at radius 1 is 0.971 bits per heavy atom. The van der Waals surface area contributed by atoms with Crippen molar-refractivity contribution in [1.29, 1.82) is 0 Å². The first-order valence-electron chi connectivity index (χ1n) is 12.1. The van der Waals surface area contributed by atoms with Gasteiger partial charge >= 0.3 is 5.97 Å². The number of amides is 2. The summed E-state index contributed by atoms with van der Waals surface area (Å²) in [4.78, 5) is 37.9. The Balaban J connectivity index is 1.59. The zero-order valence-electron chi connectivity index (χ0n) is 19.9. The number of nitrogens with one attached hydrogen (secondary N) is 2. The predicted octanol–water partition coefficient (Wildman–Crippen LogP) is 2.58. The van der Waals surface area contributed by atoms with Crippen molar-refractivity contribution in [2.45, 2.75) is 38.1 Å². The first kappa shape index (κ1) is 26.2. The lowest BCUT2D eigenvalue weighted by atomic mass is 9.94. The Morgan fingerprint density at radius 2 is 1.60 bits per heavy atom. The summed E-state index contributed by atoms with van der Waals surface area (Å²) in [7, 11) is 0. The number of allylic oxidation sites excluding steroid dienone is 2. The predicted molar refractivity (Wildman–Crippen MR) is 133 cm³/mol. The monoisotopic (exact) mass is 478 g/mol. The van der Waals surface area contributed by atoms with Crippen LogP contribution in [0.3, 0.4) is 0 Å². The zero-order chi connectivity index (χ0) is 24.9. The molecule has 0 aromatic heterocycles. The molecule has 3 rings (SSSR count). The fourth-order valence-corrected chi connectivity index (χ4v) is 4.12. The van der Waals surface area contributed by atoms with Gasteiger partial charge in [0.25, 0.3) is 0 Å². The topological polar surface area (TPSA) is 105 Å². The standard InChI is InChI=1S/C28H34N2O5/c31-20-25(18-22-11-5-2-6-12-22)30-26(32)19-23-13-7-8-14-24(17-21-9-3-1-4-10-21)28(34)35-16-15-29-27(23)33/h1-12,23-25,31H,13-20H2,(H,29,33)(H,30,32)/t23-,24+,25-/m1/s1. The van der Waals surface area contributed by atoms with Gasteiger partial charge in [0.2, 0.25) is 11.8 Å². The van der Waals surface area contributed by atoms with Crippen LogP contribution >= 0.6 is 0 Å². The molecule has 1 heterocycles. The number of ether oxygens (including phenoxy) is 1. The van der Waals surface area contributed by atoms with E-state index in [1.54, 1.807) is 0 Å². The molecule has 0 saturated carbocycles. The van der Waals surface area contributed by atoms with Gasteiger partial charge in [-0.05, 0) is 36.8 Å². The molecule has 2 aromatic carbocycles. The molecule has 186 valence electrons. The van der Waals surface area contributed by atoms with Gasteiger partial charge in [-0.3, -0.25) is 14.4 Å². The number of benzene rings is 2. The van der Waals surface area contributed by atoms with Crippen LogP contribution in [0.5, 0.6) is 0 Å². The van der Waals surface area contributed by atoms with E-state index >= 15 is 0 Å². The summed E-state index contributed by atoms with van der Waals surface area (Å²) in [6.45, 7) is 0.0888. The van der Waals surface area contributed by atoms with Crippen molar-refractivity contribution in [2.75, 3.05) is 19.8 Å². The van der Waals surface area contributed by atoms with Crippen LogP contribution in [0, 0.1) is 11.8 Å². The second kappa shape index (κ2) is 14.1. The molecule has 2 aromatic rings. The van der Waals surface area contributed by atoms with Gasteiger partial charge in [-0.1, -0.05) is 72.8 Å². The highest BCUT2D eigenvalue weighted by Gasteiger charge is 2.24. The molecule has 0 radical (unpaired) electrons. The highest BCUT2D eigenvalue weighted by Crippen LogP contribution is 2.17. The molecule has 0 fully saturated rings. The third kappa shape index (κ3) is 9.02. The van der Waals surface area contributed by atoms with Crippen molar-refractivity contribution in [3.63, 3.8) is 0 Å². The second-order valence-corrected chi connectivity index (χ2v) is 8.83. The van der Waals surface area contributed by atoms with E-state index < -0.39 is 12.0 Å². The summed E-state index contributed by atoms with van der Waals surface area (Å²) in [5.74, 6) is -1.68. The molecule has 35 heavy (non-hydrogen) atoms. The molecule has 3 atom stereocenters. The van der Waals surface area contributed by atoms with E-state index in [1.165, 1.54) is 0 Å². The van der Waals surface area contributed by atoms with Crippen molar-refractivity contribution in [1.82, 2.24) is 10.6 Å². The summed E-state index contributed by atoms with van der Waals surface area (Å²) in [5.41, 5.74) is 2.07. The maximum atomic E-state index is 12.7. The molecule has 0 saturated heterocycles. The lowest BCUT2D eigenvalue weighted by Gasteiger charge is -2.20. The van der Waals surface area contributed by atoms with Crippen molar-refractivity contribution >= 4 is 17.8 Å². The highest BCUT2D eigenvalue weighted by molar-refractivity contribution is 5.86. The molecule has 1 aliphatic heterocycles. The molecule has 2 amide bonds. The van der Waals surface area contributed by atoms with Crippen LogP contribution in [-0.4, -0.2) is 48.7 Å².